The molecule has 0 aliphatic heterocycles. The van der Waals surface area contributed by atoms with Crippen molar-refractivity contribution in [3.8, 4) is 34.0 Å². The van der Waals surface area contributed by atoms with Crippen LogP contribution < -0.4 is 5.32 Å². The van der Waals surface area contributed by atoms with Gasteiger partial charge < -0.3 is 14.7 Å². The number of imidazole rings is 1. The van der Waals surface area contributed by atoms with Gasteiger partial charge in [-0.05, 0) is 35.9 Å². The summed E-state index contributed by atoms with van der Waals surface area (Å²) in [7, 11) is 1.84. The highest BCUT2D eigenvalue weighted by atomic mass is 35.5. The van der Waals surface area contributed by atoms with E-state index in [2.05, 4.69) is 30.6 Å². The zero-order valence-electron chi connectivity index (χ0n) is 18.9. The molecule has 4 heterocycles. The van der Waals surface area contributed by atoms with Crippen LogP contribution in [0.3, 0.4) is 0 Å². The van der Waals surface area contributed by atoms with Gasteiger partial charge in [0.1, 0.15) is 17.2 Å². The van der Waals surface area contributed by atoms with Crippen LogP contribution in [0, 0.1) is 5.82 Å². The van der Waals surface area contributed by atoms with Gasteiger partial charge in [0.2, 0.25) is 5.89 Å². The van der Waals surface area contributed by atoms with Crippen molar-refractivity contribution in [1.82, 2.24) is 34.9 Å². The number of hydrogen-bond acceptors (Lipinski definition) is 7. The Hall–Kier alpha value is -4.57. The number of rotatable bonds is 6. The first kappa shape index (κ1) is 21.9. The summed E-state index contributed by atoms with van der Waals surface area (Å²) < 4.78 is 22.4. The highest BCUT2D eigenvalue weighted by Crippen LogP contribution is 2.30. The van der Waals surface area contributed by atoms with E-state index in [1.54, 1.807) is 41.3 Å². The summed E-state index contributed by atoms with van der Waals surface area (Å²) >= 11 is 6.02. The predicted octanol–water partition coefficient (Wildman–Crippen LogP) is 5.48. The lowest BCUT2D eigenvalue weighted by atomic mass is 10.0. The average Bonchev–Trinajstić information content (AvgIpc) is 3.62. The van der Waals surface area contributed by atoms with E-state index in [0.29, 0.717) is 44.6 Å². The molecule has 4 aromatic heterocycles. The molecule has 0 aliphatic rings. The maximum absolute atomic E-state index is 15.0. The van der Waals surface area contributed by atoms with Crippen LogP contribution in [0.5, 0.6) is 0 Å². The van der Waals surface area contributed by atoms with E-state index in [1.165, 1.54) is 6.07 Å². The molecule has 0 spiro atoms. The highest BCUT2D eigenvalue weighted by Gasteiger charge is 2.15. The first-order valence-corrected chi connectivity index (χ1v) is 11.4. The van der Waals surface area contributed by atoms with E-state index in [1.807, 2.05) is 31.4 Å². The van der Waals surface area contributed by atoms with Crippen molar-refractivity contribution < 1.29 is 8.81 Å². The van der Waals surface area contributed by atoms with Gasteiger partial charge in [-0.2, -0.15) is 5.10 Å². The monoisotopic (exact) mass is 500 g/mol. The van der Waals surface area contributed by atoms with E-state index >= 15 is 4.39 Å². The lowest BCUT2D eigenvalue weighted by molar-refractivity contribution is 0.576. The van der Waals surface area contributed by atoms with Crippen molar-refractivity contribution in [3.05, 3.63) is 83.5 Å². The summed E-state index contributed by atoms with van der Waals surface area (Å²) in [6, 6.07) is 14.1. The van der Waals surface area contributed by atoms with Crippen LogP contribution in [0.4, 0.5) is 10.4 Å². The second-order valence-corrected chi connectivity index (χ2v) is 8.56. The second-order valence-electron chi connectivity index (χ2n) is 8.13. The molecular formula is C25H18ClFN8O. The van der Waals surface area contributed by atoms with Gasteiger partial charge in [-0.25, -0.2) is 14.4 Å². The number of pyridine rings is 1. The van der Waals surface area contributed by atoms with E-state index in [-0.39, 0.29) is 18.4 Å². The Bertz CT molecular complexity index is 1710. The second kappa shape index (κ2) is 8.90. The number of aromatic amines is 1. The minimum absolute atomic E-state index is 0.169. The van der Waals surface area contributed by atoms with Crippen LogP contribution in [0.25, 0.3) is 45.1 Å². The number of nitrogens with zero attached hydrogens (tertiary/aromatic N) is 6. The first-order valence-electron chi connectivity index (χ1n) is 11.0. The number of fused-ring (bicyclic) bond motifs is 1. The molecule has 36 heavy (non-hydrogen) atoms. The molecule has 0 saturated carbocycles. The summed E-state index contributed by atoms with van der Waals surface area (Å²) in [4.78, 5) is 12.3. The number of aryl methyl sites for hydroxylation is 1. The fourth-order valence-corrected chi connectivity index (χ4v) is 4.08. The highest BCUT2D eigenvalue weighted by molar-refractivity contribution is 6.30. The molecule has 11 heteroatoms. The molecule has 6 aromatic rings. The number of H-pyrrole nitrogens is 1. The van der Waals surface area contributed by atoms with Crippen LogP contribution >= 0.6 is 11.6 Å². The molecule has 2 aromatic carbocycles. The third-order valence-corrected chi connectivity index (χ3v) is 5.89. The Kier molecular flexibility index (Phi) is 5.42. The Morgan fingerprint density at radius 2 is 2.00 bits per heavy atom. The van der Waals surface area contributed by atoms with Gasteiger partial charge in [-0.1, -0.05) is 34.9 Å². The lowest BCUT2D eigenvalue weighted by Gasteiger charge is -2.07. The lowest BCUT2D eigenvalue weighted by Crippen LogP contribution is -2.02. The maximum atomic E-state index is 15.0. The summed E-state index contributed by atoms with van der Waals surface area (Å²) in [5.74, 6) is 0.598. The Morgan fingerprint density at radius 3 is 2.81 bits per heavy atom. The van der Waals surface area contributed by atoms with E-state index in [4.69, 9.17) is 21.0 Å². The molecule has 0 fully saturated rings. The number of nitrogens with one attached hydrogen (secondary N) is 2. The quantitative estimate of drug-likeness (QED) is 0.311. The third-order valence-electron chi connectivity index (χ3n) is 5.65. The predicted molar refractivity (Wildman–Crippen MR) is 134 cm³/mol. The van der Waals surface area contributed by atoms with Gasteiger partial charge in [0.05, 0.1) is 11.8 Å². The number of anilines is 1. The molecule has 0 saturated heterocycles. The van der Waals surface area contributed by atoms with Crippen molar-refractivity contribution in [2.24, 2.45) is 7.05 Å². The maximum Gasteiger partial charge on any atom is 0.316 e. The number of aromatic nitrogens is 7. The van der Waals surface area contributed by atoms with Gasteiger partial charge in [0.25, 0.3) is 0 Å². The molecule has 0 amide bonds. The molecular weight excluding hydrogens is 483 g/mol. The molecule has 0 unspecified atom stereocenters. The van der Waals surface area contributed by atoms with Crippen molar-refractivity contribution in [3.63, 3.8) is 0 Å². The number of halogens is 2. The Morgan fingerprint density at radius 1 is 1.08 bits per heavy atom. The summed E-state index contributed by atoms with van der Waals surface area (Å²) in [6.07, 6.45) is 5.25. The van der Waals surface area contributed by atoms with Gasteiger partial charge in [-0.3, -0.25) is 4.68 Å². The van der Waals surface area contributed by atoms with Crippen LogP contribution in [-0.4, -0.2) is 34.9 Å². The van der Waals surface area contributed by atoms with Gasteiger partial charge in [0.15, 0.2) is 5.65 Å². The van der Waals surface area contributed by atoms with Crippen molar-refractivity contribution in [2.45, 2.75) is 6.54 Å². The van der Waals surface area contributed by atoms with Gasteiger partial charge in [-0.15, -0.1) is 5.10 Å². The van der Waals surface area contributed by atoms with Gasteiger partial charge >= 0.3 is 6.01 Å². The van der Waals surface area contributed by atoms with Crippen molar-refractivity contribution >= 4 is 28.8 Å². The topological polar surface area (TPSA) is 110 Å². The van der Waals surface area contributed by atoms with E-state index < -0.39 is 0 Å². The standard InChI is InChI=1S/C25H18ClFN8O/c1-35-13-17(12-30-35)22-31-21-19(7-8-28-23(21)32-22)14-5-6-16(20(27)10-14)11-29-25-34-33-24(36-25)15-3-2-4-18(26)9-15/h2-10,12-13H,11H2,1H3,(H,29,34)(H,28,31,32). The Labute approximate surface area is 209 Å². The number of benzene rings is 2. The molecule has 0 atom stereocenters. The summed E-state index contributed by atoms with van der Waals surface area (Å²) in [5, 5.41) is 15.7. The molecule has 0 radical (unpaired) electrons. The smallest absolute Gasteiger partial charge is 0.316 e. The van der Waals surface area contributed by atoms with Crippen LogP contribution in [-0.2, 0) is 13.6 Å². The first-order chi connectivity index (χ1) is 17.5. The van der Waals surface area contributed by atoms with Crippen LogP contribution in [0.1, 0.15) is 5.56 Å². The number of hydrogen-bond donors (Lipinski definition) is 2. The molecule has 9 nitrogen and oxygen atoms in total. The van der Waals surface area contributed by atoms with Gasteiger partial charge in [0, 0.05) is 47.7 Å². The fraction of sp³-hybridized carbons (Fsp3) is 0.0800. The molecule has 6 rings (SSSR count). The van der Waals surface area contributed by atoms with Crippen LogP contribution in [0.2, 0.25) is 5.02 Å². The Balaban J connectivity index is 1.22. The van der Waals surface area contributed by atoms with Crippen molar-refractivity contribution in [1.29, 1.82) is 0 Å². The van der Waals surface area contributed by atoms with Crippen molar-refractivity contribution in [2.75, 3.05) is 5.32 Å². The molecule has 0 aliphatic carbocycles. The van der Waals surface area contributed by atoms with Crippen LogP contribution in [0.15, 0.2) is 71.5 Å². The zero-order chi connectivity index (χ0) is 24.6. The largest absolute Gasteiger partial charge is 0.403 e. The average molecular weight is 501 g/mol. The minimum atomic E-state index is -0.373. The molecule has 178 valence electrons. The summed E-state index contributed by atoms with van der Waals surface area (Å²) in [6.45, 7) is 0.169. The third kappa shape index (κ3) is 4.18. The van der Waals surface area contributed by atoms with E-state index in [0.717, 1.165) is 11.1 Å². The molecule has 0 bridgehead atoms. The molecule has 2 N–H and O–H groups in total. The SMILES string of the molecule is Cn1cc(-c2nc3c(-c4ccc(CNc5nnc(-c6cccc(Cl)c6)o5)c(F)c4)ccnc3[nH]2)cn1. The zero-order valence-corrected chi connectivity index (χ0v) is 19.7. The minimum Gasteiger partial charge on any atom is -0.403 e. The normalized spacial score (nSPS) is 11.3. The van der Waals surface area contributed by atoms with E-state index in [9.17, 15) is 0 Å². The summed E-state index contributed by atoms with van der Waals surface area (Å²) in [5.41, 5.74) is 4.72. The fourth-order valence-electron chi connectivity index (χ4n) is 3.89.